The normalized spacial score (nSPS) is 14.3. The number of carbonyl (C=O) groups excluding carboxylic acids is 1. The lowest BCUT2D eigenvalue weighted by molar-refractivity contribution is -0.139. The first-order chi connectivity index (χ1) is 11.2. The number of alkyl halides is 3. The Balaban J connectivity index is 2.06. The van der Waals surface area contributed by atoms with Crippen LogP contribution in [-0.4, -0.2) is 47.8 Å². The third-order valence-corrected chi connectivity index (χ3v) is 3.57. The number of rotatable bonds is 8. The number of nitrogens with zero attached hydrogens (tertiary/aromatic N) is 1. The number of hydrogen-bond acceptors (Lipinski definition) is 3. The highest BCUT2D eigenvalue weighted by molar-refractivity contribution is 5.94. The standard InChI is InChI=1S/C16H18F3NO4/c17-16(18,19)6-7-20(9-11-4-5-11)15(23)12-2-1-3-13(8-12)24-10-14(21)22/h1-3,8,11H,4-7,9-10H2,(H,21,22). The Morgan fingerprint density at radius 3 is 2.58 bits per heavy atom. The Labute approximate surface area is 137 Å². The van der Waals surface area contributed by atoms with Crippen molar-refractivity contribution in [1.82, 2.24) is 4.90 Å². The predicted octanol–water partition coefficient (Wildman–Crippen LogP) is 2.95. The molecule has 0 radical (unpaired) electrons. The molecule has 1 aromatic rings. The molecule has 1 amide bonds. The molecule has 0 aliphatic heterocycles. The van der Waals surface area contributed by atoms with Crippen molar-refractivity contribution in [2.24, 2.45) is 5.92 Å². The van der Waals surface area contributed by atoms with E-state index in [1.165, 1.54) is 29.2 Å². The van der Waals surface area contributed by atoms with Gasteiger partial charge in [0.1, 0.15) is 5.75 Å². The fraction of sp³-hybridized carbons (Fsp3) is 0.500. The van der Waals surface area contributed by atoms with Gasteiger partial charge in [0.2, 0.25) is 0 Å². The molecule has 0 bridgehead atoms. The molecule has 0 unspecified atom stereocenters. The van der Waals surface area contributed by atoms with E-state index in [9.17, 15) is 22.8 Å². The van der Waals surface area contributed by atoms with Crippen LogP contribution in [0.5, 0.6) is 5.75 Å². The maximum absolute atomic E-state index is 12.5. The van der Waals surface area contributed by atoms with Crippen molar-refractivity contribution in [3.63, 3.8) is 0 Å². The monoisotopic (exact) mass is 345 g/mol. The molecular weight excluding hydrogens is 327 g/mol. The van der Waals surface area contributed by atoms with Crippen molar-refractivity contribution in [2.75, 3.05) is 19.7 Å². The Kier molecular flexibility index (Phi) is 5.69. The second-order valence-electron chi connectivity index (χ2n) is 5.77. The van der Waals surface area contributed by atoms with Crippen LogP contribution in [0, 0.1) is 5.92 Å². The number of hydrogen-bond donors (Lipinski definition) is 1. The van der Waals surface area contributed by atoms with Crippen molar-refractivity contribution in [1.29, 1.82) is 0 Å². The van der Waals surface area contributed by atoms with Crippen LogP contribution in [-0.2, 0) is 4.79 Å². The van der Waals surface area contributed by atoms with Gasteiger partial charge < -0.3 is 14.7 Å². The van der Waals surface area contributed by atoms with E-state index >= 15 is 0 Å². The van der Waals surface area contributed by atoms with Gasteiger partial charge in [0.15, 0.2) is 6.61 Å². The molecule has 1 aliphatic rings. The van der Waals surface area contributed by atoms with Crippen LogP contribution in [0.2, 0.25) is 0 Å². The summed E-state index contributed by atoms with van der Waals surface area (Å²) in [4.78, 5) is 24.2. The number of amides is 1. The summed E-state index contributed by atoms with van der Waals surface area (Å²) in [6.07, 6.45) is -3.55. The average Bonchev–Trinajstić information content (AvgIpc) is 3.32. The highest BCUT2D eigenvalue weighted by atomic mass is 19.4. The van der Waals surface area contributed by atoms with Crippen molar-refractivity contribution in [3.05, 3.63) is 29.8 Å². The molecule has 1 N–H and O–H groups in total. The summed E-state index contributed by atoms with van der Waals surface area (Å²) in [6.45, 7) is -0.647. The lowest BCUT2D eigenvalue weighted by Crippen LogP contribution is -2.35. The van der Waals surface area contributed by atoms with Gasteiger partial charge in [-0.25, -0.2) is 4.79 Å². The fourth-order valence-electron chi connectivity index (χ4n) is 2.20. The van der Waals surface area contributed by atoms with E-state index in [4.69, 9.17) is 9.84 Å². The Morgan fingerprint density at radius 1 is 1.29 bits per heavy atom. The van der Waals surface area contributed by atoms with Crippen molar-refractivity contribution < 1.29 is 32.6 Å². The van der Waals surface area contributed by atoms with Gasteiger partial charge >= 0.3 is 12.1 Å². The minimum Gasteiger partial charge on any atom is -0.482 e. The van der Waals surface area contributed by atoms with Gasteiger partial charge in [-0.15, -0.1) is 0 Å². The second-order valence-corrected chi connectivity index (χ2v) is 5.77. The van der Waals surface area contributed by atoms with Crippen LogP contribution in [0.3, 0.4) is 0 Å². The van der Waals surface area contributed by atoms with Crippen LogP contribution in [0.1, 0.15) is 29.6 Å². The zero-order valence-corrected chi connectivity index (χ0v) is 12.9. The molecule has 0 heterocycles. The zero-order chi connectivity index (χ0) is 17.7. The largest absolute Gasteiger partial charge is 0.482 e. The van der Waals surface area contributed by atoms with E-state index < -0.39 is 31.1 Å². The Hall–Kier alpha value is -2.25. The number of benzene rings is 1. The molecule has 1 aliphatic carbocycles. The topological polar surface area (TPSA) is 66.8 Å². The summed E-state index contributed by atoms with van der Waals surface area (Å²) in [5, 5.41) is 8.59. The predicted molar refractivity (Wildman–Crippen MR) is 78.9 cm³/mol. The summed E-state index contributed by atoms with van der Waals surface area (Å²) in [5.41, 5.74) is 0.181. The quantitative estimate of drug-likeness (QED) is 0.787. The van der Waals surface area contributed by atoms with E-state index in [0.717, 1.165) is 12.8 Å². The molecule has 132 valence electrons. The van der Waals surface area contributed by atoms with Gasteiger partial charge in [-0.1, -0.05) is 6.07 Å². The van der Waals surface area contributed by atoms with Crippen molar-refractivity contribution in [3.8, 4) is 5.75 Å². The second kappa shape index (κ2) is 7.55. The van der Waals surface area contributed by atoms with Crippen LogP contribution < -0.4 is 4.74 Å². The van der Waals surface area contributed by atoms with Crippen LogP contribution in [0.25, 0.3) is 0 Å². The maximum Gasteiger partial charge on any atom is 0.390 e. The van der Waals surface area contributed by atoms with Crippen LogP contribution in [0.4, 0.5) is 13.2 Å². The van der Waals surface area contributed by atoms with Gasteiger partial charge in [-0.3, -0.25) is 4.79 Å². The summed E-state index contributed by atoms with van der Waals surface area (Å²) >= 11 is 0. The van der Waals surface area contributed by atoms with Crippen molar-refractivity contribution in [2.45, 2.75) is 25.4 Å². The third-order valence-electron chi connectivity index (χ3n) is 3.57. The SMILES string of the molecule is O=C(O)COc1cccc(C(=O)N(CCC(F)(F)F)CC2CC2)c1. The molecule has 8 heteroatoms. The summed E-state index contributed by atoms with van der Waals surface area (Å²) in [7, 11) is 0. The first kappa shape index (κ1) is 18.1. The number of aliphatic carboxylic acids is 1. The molecule has 1 aromatic carbocycles. The first-order valence-electron chi connectivity index (χ1n) is 7.55. The third kappa shape index (κ3) is 6.10. The van der Waals surface area contributed by atoms with Crippen molar-refractivity contribution >= 4 is 11.9 Å². The van der Waals surface area contributed by atoms with Crippen LogP contribution >= 0.6 is 0 Å². The minimum absolute atomic E-state index is 0.181. The molecule has 5 nitrogen and oxygen atoms in total. The highest BCUT2D eigenvalue weighted by Gasteiger charge is 2.32. The Bertz CT molecular complexity index is 599. The van der Waals surface area contributed by atoms with Gasteiger partial charge in [0, 0.05) is 18.7 Å². The maximum atomic E-state index is 12.5. The molecule has 24 heavy (non-hydrogen) atoms. The lowest BCUT2D eigenvalue weighted by Gasteiger charge is -2.23. The molecule has 2 rings (SSSR count). The van der Waals surface area contributed by atoms with E-state index in [2.05, 4.69) is 0 Å². The zero-order valence-electron chi connectivity index (χ0n) is 12.9. The van der Waals surface area contributed by atoms with Gasteiger partial charge in [0.05, 0.1) is 6.42 Å². The molecular formula is C16H18F3NO4. The van der Waals surface area contributed by atoms with E-state index in [1.807, 2.05) is 0 Å². The first-order valence-corrected chi connectivity index (χ1v) is 7.55. The number of carboxylic acid groups (broad SMARTS) is 1. The Morgan fingerprint density at radius 2 is 2.00 bits per heavy atom. The smallest absolute Gasteiger partial charge is 0.390 e. The number of ether oxygens (including phenoxy) is 1. The summed E-state index contributed by atoms with van der Waals surface area (Å²) < 4.78 is 42.4. The number of carbonyl (C=O) groups is 2. The molecule has 0 aromatic heterocycles. The average molecular weight is 345 g/mol. The highest BCUT2D eigenvalue weighted by Crippen LogP contribution is 2.31. The molecule has 0 spiro atoms. The van der Waals surface area contributed by atoms with E-state index in [-0.39, 0.29) is 23.8 Å². The summed E-state index contributed by atoms with van der Waals surface area (Å²) in [6, 6.07) is 5.81. The molecule has 1 fully saturated rings. The molecule has 0 saturated heterocycles. The summed E-state index contributed by atoms with van der Waals surface area (Å²) in [5.74, 6) is -1.22. The molecule has 0 atom stereocenters. The fourth-order valence-corrected chi connectivity index (χ4v) is 2.20. The van der Waals surface area contributed by atoms with Gasteiger partial charge in [-0.05, 0) is 37.0 Å². The van der Waals surface area contributed by atoms with Crippen LogP contribution in [0.15, 0.2) is 24.3 Å². The lowest BCUT2D eigenvalue weighted by atomic mass is 10.1. The van der Waals surface area contributed by atoms with E-state index in [1.54, 1.807) is 0 Å². The van der Waals surface area contributed by atoms with E-state index in [0.29, 0.717) is 6.54 Å². The minimum atomic E-state index is -4.32. The van der Waals surface area contributed by atoms with Gasteiger partial charge in [0.25, 0.3) is 5.91 Å². The number of carboxylic acids is 1. The van der Waals surface area contributed by atoms with Gasteiger partial charge in [-0.2, -0.15) is 13.2 Å². The molecule has 1 saturated carbocycles. The number of halogens is 3.